The van der Waals surface area contributed by atoms with Gasteiger partial charge in [0.05, 0.1) is 0 Å². The summed E-state index contributed by atoms with van der Waals surface area (Å²) in [6, 6.07) is 0. The first-order valence-corrected chi connectivity index (χ1v) is 4.98. The lowest BCUT2D eigenvalue weighted by Crippen LogP contribution is -1.87. The van der Waals surface area contributed by atoms with E-state index in [1.54, 1.807) is 11.8 Å². The Balaban J connectivity index is 3.16. The number of thioether (sulfide) groups is 1. The molecule has 0 fully saturated rings. The summed E-state index contributed by atoms with van der Waals surface area (Å²) in [6.07, 6.45) is 10.6. The van der Waals surface area contributed by atoms with Crippen LogP contribution < -0.4 is 0 Å². The Hall–Kier alpha value is 0.0900. The van der Waals surface area contributed by atoms with Gasteiger partial charge in [-0.15, -0.1) is 0 Å². The molecular formula is C9H17S. The highest BCUT2D eigenvalue weighted by molar-refractivity contribution is 8.00. The van der Waals surface area contributed by atoms with E-state index in [2.05, 4.69) is 32.3 Å². The van der Waals surface area contributed by atoms with Crippen molar-refractivity contribution in [3.05, 3.63) is 18.4 Å². The second kappa shape index (κ2) is 7.20. The molecule has 10 heavy (non-hydrogen) atoms. The van der Waals surface area contributed by atoms with E-state index in [1.807, 2.05) is 0 Å². The van der Waals surface area contributed by atoms with Crippen molar-refractivity contribution in [1.29, 1.82) is 0 Å². The molecule has 0 aromatic carbocycles. The van der Waals surface area contributed by atoms with E-state index < -0.39 is 0 Å². The van der Waals surface area contributed by atoms with Crippen LogP contribution in [0.4, 0.5) is 0 Å². The van der Waals surface area contributed by atoms with Gasteiger partial charge in [-0.05, 0) is 12.3 Å². The molecule has 0 rings (SSSR count). The summed E-state index contributed by atoms with van der Waals surface area (Å²) in [5.41, 5.74) is 0. The summed E-state index contributed by atoms with van der Waals surface area (Å²) in [6.45, 7) is 4.51. The highest BCUT2D eigenvalue weighted by Gasteiger charge is 1.92. The summed E-state index contributed by atoms with van der Waals surface area (Å²) < 4.78 is 0. The fraction of sp³-hybridized carbons (Fsp3) is 0.667. The van der Waals surface area contributed by atoms with Gasteiger partial charge in [-0.25, -0.2) is 0 Å². The summed E-state index contributed by atoms with van der Waals surface area (Å²) in [5, 5.41) is 0. The average Bonchev–Trinajstić information content (AvgIpc) is 1.98. The molecular weight excluding hydrogens is 140 g/mol. The van der Waals surface area contributed by atoms with Gasteiger partial charge in [0.1, 0.15) is 0 Å². The van der Waals surface area contributed by atoms with Crippen molar-refractivity contribution in [2.75, 3.05) is 5.75 Å². The smallest absolute Gasteiger partial charge is 0.0113 e. The maximum absolute atomic E-state index is 3.69. The van der Waals surface area contributed by atoms with Gasteiger partial charge in [-0.1, -0.05) is 32.4 Å². The highest BCUT2D eigenvalue weighted by Crippen LogP contribution is 2.07. The maximum Gasteiger partial charge on any atom is 0.0113 e. The molecule has 0 aliphatic carbocycles. The van der Waals surface area contributed by atoms with Crippen molar-refractivity contribution in [3.8, 4) is 0 Å². The molecule has 0 N–H and O–H groups in total. The van der Waals surface area contributed by atoms with Crippen LogP contribution in [0.3, 0.4) is 0 Å². The monoisotopic (exact) mass is 157 g/mol. The van der Waals surface area contributed by atoms with E-state index in [1.165, 1.54) is 12.8 Å². The first kappa shape index (κ1) is 10.1. The zero-order chi connectivity index (χ0) is 7.82. The van der Waals surface area contributed by atoms with Crippen LogP contribution in [0, 0.1) is 12.2 Å². The van der Waals surface area contributed by atoms with E-state index in [-0.39, 0.29) is 0 Å². The Morgan fingerprint density at radius 3 is 2.70 bits per heavy atom. The second-order valence-corrected chi connectivity index (χ2v) is 3.33. The lowest BCUT2D eigenvalue weighted by molar-refractivity contribution is 0.572. The van der Waals surface area contributed by atoms with Crippen LogP contribution >= 0.6 is 11.8 Å². The Bertz CT molecular complexity index is 86.7. The fourth-order valence-corrected chi connectivity index (χ4v) is 0.903. The SMILES string of the molecule is [CH2]SCC=CCC(C)CC. The molecule has 0 spiro atoms. The standard InChI is InChI=1S/C9H17S/c1-4-9(2)7-5-6-8-10-3/h5-6,9H,3-4,7-8H2,1-2H3. The Kier molecular flexibility index (Phi) is 7.26. The second-order valence-electron chi connectivity index (χ2n) is 2.59. The summed E-state index contributed by atoms with van der Waals surface area (Å²) in [7, 11) is 0. The van der Waals surface area contributed by atoms with E-state index in [0.29, 0.717) is 0 Å². The molecule has 0 aliphatic rings. The minimum absolute atomic E-state index is 0.839. The third kappa shape index (κ3) is 6.21. The molecule has 0 nitrogen and oxygen atoms in total. The Labute approximate surface area is 69.1 Å². The third-order valence-corrected chi connectivity index (χ3v) is 2.04. The Morgan fingerprint density at radius 2 is 2.20 bits per heavy atom. The largest absolute Gasteiger partial charge is 0.157 e. The lowest BCUT2D eigenvalue weighted by Gasteiger charge is -2.01. The molecule has 0 aliphatic heterocycles. The van der Waals surface area contributed by atoms with E-state index in [4.69, 9.17) is 0 Å². The van der Waals surface area contributed by atoms with E-state index >= 15 is 0 Å². The van der Waals surface area contributed by atoms with E-state index in [9.17, 15) is 0 Å². The molecule has 1 unspecified atom stereocenters. The van der Waals surface area contributed by atoms with Crippen LogP contribution in [0.1, 0.15) is 26.7 Å². The molecule has 0 aromatic rings. The molecule has 59 valence electrons. The fourth-order valence-electron chi connectivity index (χ4n) is 0.631. The zero-order valence-electron chi connectivity index (χ0n) is 6.97. The number of allylic oxidation sites excluding steroid dienone is 1. The topological polar surface area (TPSA) is 0 Å². The van der Waals surface area contributed by atoms with Crippen molar-refractivity contribution in [1.82, 2.24) is 0 Å². The summed E-state index contributed by atoms with van der Waals surface area (Å²) >= 11 is 1.62. The highest BCUT2D eigenvalue weighted by atomic mass is 32.2. The average molecular weight is 157 g/mol. The quantitative estimate of drug-likeness (QED) is 0.550. The van der Waals surface area contributed by atoms with Crippen LogP contribution in [-0.2, 0) is 0 Å². The number of hydrogen-bond acceptors (Lipinski definition) is 1. The molecule has 0 heterocycles. The van der Waals surface area contributed by atoms with Gasteiger partial charge in [0.25, 0.3) is 0 Å². The Morgan fingerprint density at radius 1 is 1.50 bits per heavy atom. The summed E-state index contributed by atoms with van der Waals surface area (Å²) in [5.74, 6) is 1.89. The van der Waals surface area contributed by atoms with Gasteiger partial charge in [0.15, 0.2) is 0 Å². The molecule has 0 saturated carbocycles. The third-order valence-electron chi connectivity index (χ3n) is 1.62. The normalized spacial score (nSPS) is 14.3. The predicted molar refractivity (Wildman–Crippen MR) is 51.0 cm³/mol. The zero-order valence-corrected chi connectivity index (χ0v) is 7.79. The molecule has 0 saturated heterocycles. The number of hydrogen-bond donors (Lipinski definition) is 0. The molecule has 0 bridgehead atoms. The van der Waals surface area contributed by atoms with Crippen molar-refractivity contribution in [3.63, 3.8) is 0 Å². The maximum atomic E-state index is 3.69. The van der Waals surface area contributed by atoms with E-state index in [0.717, 1.165) is 11.7 Å². The van der Waals surface area contributed by atoms with Crippen LogP contribution in [0.2, 0.25) is 0 Å². The molecule has 1 atom stereocenters. The first-order valence-electron chi connectivity index (χ1n) is 3.83. The molecule has 0 aromatic heterocycles. The molecule has 0 amide bonds. The van der Waals surface area contributed by atoms with Crippen LogP contribution in [-0.4, -0.2) is 5.75 Å². The minimum atomic E-state index is 0.839. The van der Waals surface area contributed by atoms with Gasteiger partial charge in [-0.3, -0.25) is 0 Å². The van der Waals surface area contributed by atoms with Crippen LogP contribution in [0.25, 0.3) is 0 Å². The van der Waals surface area contributed by atoms with Crippen molar-refractivity contribution < 1.29 is 0 Å². The van der Waals surface area contributed by atoms with Crippen LogP contribution in [0.15, 0.2) is 12.2 Å². The van der Waals surface area contributed by atoms with Crippen molar-refractivity contribution >= 4 is 11.8 Å². The van der Waals surface area contributed by atoms with Gasteiger partial charge in [-0.2, -0.15) is 11.8 Å². The first-order chi connectivity index (χ1) is 4.81. The van der Waals surface area contributed by atoms with Gasteiger partial charge in [0.2, 0.25) is 0 Å². The van der Waals surface area contributed by atoms with Crippen molar-refractivity contribution in [2.24, 2.45) is 5.92 Å². The summed E-state index contributed by atoms with van der Waals surface area (Å²) in [4.78, 5) is 0. The van der Waals surface area contributed by atoms with Crippen molar-refractivity contribution in [2.45, 2.75) is 26.7 Å². The molecule has 1 heteroatoms. The van der Waals surface area contributed by atoms with Gasteiger partial charge in [0, 0.05) is 12.0 Å². The van der Waals surface area contributed by atoms with Crippen LogP contribution in [0.5, 0.6) is 0 Å². The number of rotatable bonds is 5. The van der Waals surface area contributed by atoms with Gasteiger partial charge < -0.3 is 0 Å². The molecule has 1 radical (unpaired) electrons. The van der Waals surface area contributed by atoms with Gasteiger partial charge >= 0.3 is 0 Å². The lowest BCUT2D eigenvalue weighted by atomic mass is 10.1. The predicted octanol–water partition coefficient (Wildman–Crippen LogP) is 3.50. The minimum Gasteiger partial charge on any atom is -0.157 e.